The summed E-state index contributed by atoms with van der Waals surface area (Å²) in [5.74, 6) is -0.133. The van der Waals surface area contributed by atoms with Gasteiger partial charge in [0.1, 0.15) is 0 Å². The van der Waals surface area contributed by atoms with Crippen LogP contribution < -0.4 is 11.1 Å². The van der Waals surface area contributed by atoms with Crippen molar-refractivity contribution >= 4 is 29.9 Å². The van der Waals surface area contributed by atoms with Crippen LogP contribution in [-0.2, 0) is 21.4 Å². The van der Waals surface area contributed by atoms with Gasteiger partial charge >= 0.3 is 0 Å². The summed E-state index contributed by atoms with van der Waals surface area (Å²) >= 11 is 6.45. The van der Waals surface area contributed by atoms with Crippen LogP contribution in [0.1, 0.15) is 24.0 Å². The summed E-state index contributed by atoms with van der Waals surface area (Å²) in [5, 5.41) is 3.79. The van der Waals surface area contributed by atoms with Crippen LogP contribution >= 0.6 is 24.0 Å². The van der Waals surface area contributed by atoms with Gasteiger partial charge in [-0.1, -0.05) is 60.1 Å². The summed E-state index contributed by atoms with van der Waals surface area (Å²) in [5.41, 5.74) is 8.03. The molecule has 1 aliphatic heterocycles. The van der Waals surface area contributed by atoms with Gasteiger partial charge in [0.2, 0.25) is 5.91 Å². The van der Waals surface area contributed by atoms with E-state index >= 15 is 0 Å². The Labute approximate surface area is 171 Å². The van der Waals surface area contributed by atoms with Crippen LogP contribution in [0.5, 0.6) is 0 Å². The number of nitrogens with one attached hydrogen (secondary N) is 1. The van der Waals surface area contributed by atoms with Crippen molar-refractivity contribution in [3.05, 3.63) is 70.7 Å². The van der Waals surface area contributed by atoms with Crippen LogP contribution in [0, 0.1) is 0 Å². The topological polar surface area (TPSA) is 64.4 Å². The Bertz CT molecular complexity index is 734. The Hall–Kier alpha value is -1.59. The summed E-state index contributed by atoms with van der Waals surface area (Å²) < 4.78 is 5.54. The highest BCUT2D eigenvalue weighted by atomic mass is 35.5. The summed E-state index contributed by atoms with van der Waals surface area (Å²) in [6.45, 7) is 1.84. The van der Waals surface area contributed by atoms with E-state index in [1.807, 2.05) is 54.6 Å². The smallest absolute Gasteiger partial charge is 0.237 e. The van der Waals surface area contributed by atoms with E-state index in [2.05, 4.69) is 5.32 Å². The molecule has 1 fully saturated rings. The Morgan fingerprint density at radius 2 is 1.74 bits per heavy atom. The molecule has 1 aliphatic rings. The molecular weight excluding hydrogens is 383 g/mol. The molecular formula is C21H26Cl2N2O2. The van der Waals surface area contributed by atoms with Gasteiger partial charge < -0.3 is 15.8 Å². The SMILES string of the molecule is Cl.N[C@@H](Cc1ccccc1)C(=O)NCC1(c2ccccc2Cl)CCOCC1. The Kier molecular flexibility index (Phi) is 8.11. The molecule has 4 nitrogen and oxygen atoms in total. The molecule has 0 aromatic heterocycles. The van der Waals surface area contributed by atoms with Crippen LogP contribution in [0.4, 0.5) is 0 Å². The molecule has 146 valence electrons. The molecule has 0 radical (unpaired) electrons. The number of amides is 1. The summed E-state index contributed by atoms with van der Waals surface area (Å²) in [6, 6.07) is 17.1. The quantitative estimate of drug-likeness (QED) is 0.768. The fourth-order valence-corrected chi connectivity index (χ4v) is 3.88. The summed E-state index contributed by atoms with van der Waals surface area (Å²) in [4.78, 5) is 12.5. The first-order valence-electron chi connectivity index (χ1n) is 9.01. The molecule has 2 aromatic rings. The molecule has 1 saturated heterocycles. The number of rotatable bonds is 6. The van der Waals surface area contributed by atoms with E-state index < -0.39 is 6.04 Å². The standard InChI is InChI=1S/C21H25ClN2O2.ClH/c22-18-9-5-4-8-17(18)21(10-12-26-13-11-21)15-24-20(25)19(23)14-16-6-2-1-3-7-16;/h1-9,19H,10-15,23H2,(H,24,25);1H/t19-;/m0./s1. The van der Waals surface area contributed by atoms with Crippen molar-refractivity contribution in [1.29, 1.82) is 0 Å². The van der Waals surface area contributed by atoms with Crippen LogP contribution in [0.2, 0.25) is 5.02 Å². The third-order valence-electron chi connectivity index (χ3n) is 5.13. The molecule has 3 rings (SSSR count). The summed E-state index contributed by atoms with van der Waals surface area (Å²) in [7, 11) is 0. The molecule has 2 aromatic carbocycles. The van der Waals surface area contributed by atoms with Gasteiger partial charge in [-0.3, -0.25) is 4.79 Å². The van der Waals surface area contributed by atoms with Gasteiger partial charge in [0, 0.05) is 30.2 Å². The first kappa shape index (κ1) is 21.7. The fraction of sp³-hybridized carbons (Fsp3) is 0.381. The van der Waals surface area contributed by atoms with Gasteiger partial charge in [0.15, 0.2) is 0 Å². The van der Waals surface area contributed by atoms with Crippen molar-refractivity contribution in [1.82, 2.24) is 5.32 Å². The van der Waals surface area contributed by atoms with Crippen LogP contribution in [-0.4, -0.2) is 31.7 Å². The third kappa shape index (κ3) is 5.45. The van der Waals surface area contributed by atoms with E-state index in [1.54, 1.807) is 0 Å². The zero-order chi connectivity index (χ0) is 18.4. The number of ether oxygens (including phenoxy) is 1. The molecule has 6 heteroatoms. The lowest BCUT2D eigenvalue weighted by molar-refractivity contribution is -0.122. The van der Waals surface area contributed by atoms with Crippen molar-refractivity contribution in [2.75, 3.05) is 19.8 Å². The molecule has 0 aliphatic carbocycles. The molecule has 0 saturated carbocycles. The van der Waals surface area contributed by atoms with Crippen molar-refractivity contribution in [3.63, 3.8) is 0 Å². The predicted octanol–water partition coefficient (Wildman–Crippen LogP) is 3.50. The number of carbonyl (C=O) groups excluding carboxylic acids is 1. The minimum Gasteiger partial charge on any atom is -0.381 e. The van der Waals surface area contributed by atoms with Gasteiger partial charge in [0.05, 0.1) is 6.04 Å². The minimum absolute atomic E-state index is 0. The minimum atomic E-state index is -0.569. The average Bonchev–Trinajstić information content (AvgIpc) is 2.68. The second-order valence-corrected chi connectivity index (χ2v) is 7.29. The number of nitrogens with two attached hydrogens (primary N) is 1. The molecule has 27 heavy (non-hydrogen) atoms. The lowest BCUT2D eigenvalue weighted by Gasteiger charge is -2.38. The van der Waals surface area contributed by atoms with Crippen LogP contribution in [0.3, 0.4) is 0 Å². The zero-order valence-corrected chi connectivity index (χ0v) is 16.8. The fourth-order valence-electron chi connectivity index (χ4n) is 3.54. The normalized spacial score (nSPS) is 16.8. The maximum absolute atomic E-state index is 12.5. The van der Waals surface area contributed by atoms with Gasteiger partial charge in [-0.25, -0.2) is 0 Å². The van der Waals surface area contributed by atoms with E-state index in [0.717, 1.165) is 29.0 Å². The van der Waals surface area contributed by atoms with Crippen LogP contribution in [0.25, 0.3) is 0 Å². The van der Waals surface area contributed by atoms with Gasteiger partial charge in [-0.15, -0.1) is 12.4 Å². The molecule has 1 atom stereocenters. The highest BCUT2D eigenvalue weighted by Crippen LogP contribution is 2.38. The second kappa shape index (κ2) is 10.1. The maximum Gasteiger partial charge on any atom is 0.237 e. The van der Waals surface area contributed by atoms with Crippen molar-refractivity contribution < 1.29 is 9.53 Å². The van der Waals surface area contributed by atoms with E-state index in [-0.39, 0.29) is 23.7 Å². The van der Waals surface area contributed by atoms with Crippen molar-refractivity contribution in [3.8, 4) is 0 Å². The lowest BCUT2D eigenvalue weighted by atomic mass is 9.74. The molecule has 1 heterocycles. The van der Waals surface area contributed by atoms with E-state index in [0.29, 0.717) is 26.2 Å². The largest absolute Gasteiger partial charge is 0.381 e. The van der Waals surface area contributed by atoms with Crippen molar-refractivity contribution in [2.45, 2.75) is 30.7 Å². The lowest BCUT2D eigenvalue weighted by Crippen LogP contribution is -2.49. The molecule has 1 amide bonds. The number of halogens is 2. The Morgan fingerprint density at radius 1 is 1.11 bits per heavy atom. The molecule has 0 spiro atoms. The Morgan fingerprint density at radius 3 is 2.41 bits per heavy atom. The molecule has 0 bridgehead atoms. The first-order valence-corrected chi connectivity index (χ1v) is 9.38. The number of carbonyl (C=O) groups is 1. The zero-order valence-electron chi connectivity index (χ0n) is 15.2. The van der Waals surface area contributed by atoms with Crippen molar-refractivity contribution in [2.24, 2.45) is 5.73 Å². The molecule has 3 N–H and O–H groups in total. The Balaban J connectivity index is 0.00000261. The number of hydrogen-bond acceptors (Lipinski definition) is 3. The highest BCUT2D eigenvalue weighted by molar-refractivity contribution is 6.31. The summed E-state index contributed by atoms with van der Waals surface area (Å²) in [6.07, 6.45) is 2.17. The second-order valence-electron chi connectivity index (χ2n) is 6.89. The number of benzene rings is 2. The van der Waals surface area contributed by atoms with Gasteiger partial charge in [-0.05, 0) is 36.5 Å². The first-order chi connectivity index (χ1) is 12.6. The van der Waals surface area contributed by atoms with E-state index in [4.69, 9.17) is 22.1 Å². The monoisotopic (exact) mass is 408 g/mol. The number of hydrogen-bond donors (Lipinski definition) is 2. The van der Waals surface area contributed by atoms with E-state index in [1.165, 1.54) is 0 Å². The maximum atomic E-state index is 12.5. The van der Waals surface area contributed by atoms with E-state index in [9.17, 15) is 4.79 Å². The van der Waals surface area contributed by atoms with Gasteiger partial charge in [0.25, 0.3) is 0 Å². The predicted molar refractivity (Wildman–Crippen MR) is 112 cm³/mol. The van der Waals surface area contributed by atoms with Gasteiger partial charge in [-0.2, -0.15) is 0 Å². The average molecular weight is 409 g/mol. The third-order valence-corrected chi connectivity index (χ3v) is 5.46. The van der Waals surface area contributed by atoms with Crippen LogP contribution in [0.15, 0.2) is 54.6 Å². The molecule has 0 unspecified atom stereocenters. The highest BCUT2D eigenvalue weighted by Gasteiger charge is 2.36.